The first-order chi connectivity index (χ1) is 10.1. The lowest BCUT2D eigenvalue weighted by Gasteiger charge is -2.09. The van der Waals surface area contributed by atoms with E-state index in [2.05, 4.69) is 76.3 Å². The number of aromatic nitrogens is 1. The van der Waals surface area contributed by atoms with Crippen molar-refractivity contribution in [1.29, 1.82) is 0 Å². The van der Waals surface area contributed by atoms with E-state index in [9.17, 15) is 0 Å². The van der Waals surface area contributed by atoms with E-state index >= 15 is 0 Å². The predicted molar refractivity (Wildman–Crippen MR) is 93.9 cm³/mol. The second-order valence-corrected chi connectivity index (χ2v) is 6.09. The third-order valence-corrected chi connectivity index (χ3v) is 4.11. The summed E-state index contributed by atoms with van der Waals surface area (Å²) in [6.45, 7) is 4.21. The van der Waals surface area contributed by atoms with Crippen molar-refractivity contribution in [2.24, 2.45) is 4.99 Å². The molecule has 1 aromatic carbocycles. The first kappa shape index (κ1) is 14.1. The van der Waals surface area contributed by atoms with Crippen LogP contribution in [-0.2, 0) is 0 Å². The zero-order valence-electron chi connectivity index (χ0n) is 11.9. The van der Waals surface area contributed by atoms with Gasteiger partial charge in [0.15, 0.2) is 0 Å². The summed E-state index contributed by atoms with van der Waals surface area (Å²) >= 11 is 2.32. The topological polar surface area (TPSA) is 30.4 Å². The highest BCUT2D eigenvalue weighted by atomic mass is 127. The van der Waals surface area contributed by atoms with Gasteiger partial charge in [0.2, 0.25) is 5.88 Å². The normalized spacial score (nSPS) is 11.4. The van der Waals surface area contributed by atoms with Crippen LogP contribution >= 0.6 is 22.6 Å². The number of rotatable bonds is 3. The highest BCUT2D eigenvalue weighted by molar-refractivity contribution is 14.1. The Hall–Kier alpha value is -1.82. The molecule has 3 nitrogen and oxygen atoms in total. The van der Waals surface area contributed by atoms with Gasteiger partial charge in [-0.3, -0.25) is 0 Å². The van der Waals surface area contributed by atoms with E-state index in [1.54, 1.807) is 6.26 Å². The molecule has 3 rings (SSSR count). The zero-order chi connectivity index (χ0) is 14.8. The highest BCUT2D eigenvalue weighted by Gasteiger charge is 2.09. The van der Waals surface area contributed by atoms with Gasteiger partial charge in [-0.2, -0.15) is 0 Å². The number of aliphatic imine (C=N–C) groups is 1. The van der Waals surface area contributed by atoms with Gasteiger partial charge in [-0.1, -0.05) is 0 Å². The quantitative estimate of drug-likeness (QED) is 0.455. The minimum Gasteiger partial charge on any atom is -0.447 e. The van der Waals surface area contributed by atoms with Crippen LogP contribution in [0.4, 0.5) is 5.88 Å². The number of aryl methyl sites for hydroxylation is 1. The Morgan fingerprint density at radius 1 is 1.14 bits per heavy atom. The van der Waals surface area contributed by atoms with Crippen molar-refractivity contribution >= 4 is 34.7 Å². The fourth-order valence-electron chi connectivity index (χ4n) is 2.38. The van der Waals surface area contributed by atoms with Gasteiger partial charge in [-0.05, 0) is 72.8 Å². The standard InChI is InChI=1S/C17H15IN2O/c1-12-10-14(11-19-17-4-3-9-21-17)13(2)20(12)16-7-5-15(18)6-8-16/h3-11H,1-2H3. The van der Waals surface area contributed by atoms with Crippen molar-refractivity contribution in [1.82, 2.24) is 4.57 Å². The van der Waals surface area contributed by atoms with Crippen molar-refractivity contribution in [2.75, 3.05) is 0 Å². The molecule has 0 radical (unpaired) electrons. The van der Waals surface area contributed by atoms with Crippen molar-refractivity contribution in [3.05, 3.63) is 69.2 Å². The molecule has 0 saturated carbocycles. The van der Waals surface area contributed by atoms with E-state index in [1.807, 2.05) is 18.3 Å². The molecule has 0 spiro atoms. The Bertz CT molecular complexity index is 768. The van der Waals surface area contributed by atoms with Gasteiger partial charge in [0.05, 0.1) is 6.26 Å². The van der Waals surface area contributed by atoms with Gasteiger partial charge in [0.25, 0.3) is 0 Å². The molecule has 0 bridgehead atoms. The Morgan fingerprint density at radius 3 is 2.57 bits per heavy atom. The van der Waals surface area contributed by atoms with Crippen LogP contribution < -0.4 is 0 Å². The van der Waals surface area contributed by atoms with Gasteiger partial charge in [-0.15, -0.1) is 0 Å². The second-order valence-electron chi connectivity index (χ2n) is 4.85. The van der Waals surface area contributed by atoms with Crippen LogP contribution in [0.2, 0.25) is 0 Å². The first-order valence-corrected chi connectivity index (χ1v) is 7.75. The van der Waals surface area contributed by atoms with Crippen LogP contribution in [-0.4, -0.2) is 10.8 Å². The van der Waals surface area contributed by atoms with Crippen LogP contribution in [0.3, 0.4) is 0 Å². The summed E-state index contributed by atoms with van der Waals surface area (Å²) in [5, 5.41) is 0. The molecular formula is C17H15IN2O. The average molecular weight is 390 g/mol. The summed E-state index contributed by atoms with van der Waals surface area (Å²) in [4.78, 5) is 4.35. The maximum Gasteiger partial charge on any atom is 0.218 e. The van der Waals surface area contributed by atoms with Gasteiger partial charge < -0.3 is 8.98 Å². The molecule has 0 atom stereocenters. The van der Waals surface area contributed by atoms with Crippen LogP contribution in [0, 0.1) is 17.4 Å². The molecule has 2 heterocycles. The minimum atomic E-state index is 0.620. The molecule has 0 aliphatic carbocycles. The van der Waals surface area contributed by atoms with Crippen molar-refractivity contribution < 1.29 is 4.42 Å². The summed E-state index contributed by atoms with van der Waals surface area (Å²) in [6, 6.07) is 14.3. The Balaban J connectivity index is 1.98. The number of hydrogen-bond acceptors (Lipinski definition) is 2. The molecule has 0 amide bonds. The molecule has 0 N–H and O–H groups in total. The van der Waals surface area contributed by atoms with Gasteiger partial charge in [-0.25, -0.2) is 4.99 Å². The van der Waals surface area contributed by atoms with E-state index in [0.29, 0.717) is 5.88 Å². The van der Waals surface area contributed by atoms with Gasteiger partial charge in [0.1, 0.15) is 0 Å². The SMILES string of the molecule is Cc1cc(C=Nc2ccco2)c(C)n1-c1ccc(I)cc1. The number of furan rings is 1. The van der Waals surface area contributed by atoms with E-state index < -0.39 is 0 Å². The Labute approximate surface area is 137 Å². The van der Waals surface area contributed by atoms with Crippen molar-refractivity contribution in [3.63, 3.8) is 0 Å². The van der Waals surface area contributed by atoms with Crippen LogP contribution in [0.5, 0.6) is 0 Å². The number of benzene rings is 1. The monoisotopic (exact) mass is 390 g/mol. The molecule has 21 heavy (non-hydrogen) atoms. The first-order valence-electron chi connectivity index (χ1n) is 6.67. The smallest absolute Gasteiger partial charge is 0.218 e. The maximum atomic E-state index is 5.22. The van der Waals surface area contributed by atoms with E-state index in [-0.39, 0.29) is 0 Å². The van der Waals surface area contributed by atoms with Crippen LogP contribution in [0.1, 0.15) is 17.0 Å². The maximum absolute atomic E-state index is 5.22. The van der Waals surface area contributed by atoms with Crippen LogP contribution in [0.15, 0.2) is 58.1 Å². The average Bonchev–Trinajstić information content (AvgIpc) is 3.07. The Kier molecular flexibility index (Phi) is 3.96. The molecule has 0 saturated heterocycles. The summed E-state index contributed by atoms with van der Waals surface area (Å²) in [6.07, 6.45) is 3.48. The molecular weight excluding hydrogens is 375 g/mol. The molecule has 106 valence electrons. The lowest BCUT2D eigenvalue weighted by Crippen LogP contribution is -1.99. The molecule has 4 heteroatoms. The Morgan fingerprint density at radius 2 is 1.90 bits per heavy atom. The summed E-state index contributed by atoms with van der Waals surface area (Å²) in [7, 11) is 0. The van der Waals surface area contributed by atoms with E-state index in [0.717, 1.165) is 5.56 Å². The van der Waals surface area contributed by atoms with Crippen molar-refractivity contribution in [3.8, 4) is 5.69 Å². The summed E-state index contributed by atoms with van der Waals surface area (Å²) < 4.78 is 8.69. The fourth-order valence-corrected chi connectivity index (χ4v) is 2.74. The molecule has 3 aromatic rings. The highest BCUT2D eigenvalue weighted by Crippen LogP contribution is 2.21. The summed E-state index contributed by atoms with van der Waals surface area (Å²) in [5.41, 5.74) is 4.63. The fraction of sp³-hybridized carbons (Fsp3) is 0.118. The molecule has 0 aliphatic heterocycles. The third-order valence-electron chi connectivity index (χ3n) is 3.39. The lowest BCUT2D eigenvalue weighted by atomic mass is 10.2. The number of nitrogens with zero attached hydrogens (tertiary/aromatic N) is 2. The number of hydrogen-bond donors (Lipinski definition) is 0. The van der Waals surface area contributed by atoms with Gasteiger partial charge >= 0.3 is 0 Å². The number of halogens is 1. The zero-order valence-corrected chi connectivity index (χ0v) is 14.0. The third kappa shape index (κ3) is 2.95. The lowest BCUT2D eigenvalue weighted by molar-refractivity contribution is 0.578. The second kappa shape index (κ2) is 5.89. The minimum absolute atomic E-state index is 0.620. The molecule has 2 aromatic heterocycles. The van der Waals surface area contributed by atoms with Crippen molar-refractivity contribution in [2.45, 2.75) is 13.8 Å². The molecule has 0 fully saturated rings. The van der Waals surface area contributed by atoms with E-state index in [4.69, 9.17) is 4.42 Å². The molecule has 0 unspecified atom stereocenters. The van der Waals surface area contributed by atoms with Crippen LogP contribution in [0.25, 0.3) is 5.69 Å². The predicted octanol–water partition coefficient (Wildman–Crippen LogP) is 5.04. The van der Waals surface area contributed by atoms with Gasteiger partial charge in [0, 0.05) is 38.5 Å². The largest absolute Gasteiger partial charge is 0.447 e. The molecule has 0 aliphatic rings. The van der Waals surface area contributed by atoms with E-state index in [1.165, 1.54) is 20.6 Å². The summed E-state index contributed by atoms with van der Waals surface area (Å²) in [5.74, 6) is 0.620.